The van der Waals surface area contributed by atoms with Crippen LogP contribution in [0.25, 0.3) is 10.9 Å². The SMILES string of the molecule is O=C(CCn1ncc2ccc(Cl)cc21)N1CCCCC1. The summed E-state index contributed by atoms with van der Waals surface area (Å²) in [6.45, 7) is 2.42. The van der Waals surface area contributed by atoms with Crippen molar-refractivity contribution >= 4 is 28.4 Å². The van der Waals surface area contributed by atoms with Crippen molar-refractivity contribution in [2.24, 2.45) is 0 Å². The molecule has 1 aliphatic rings. The molecule has 106 valence electrons. The Morgan fingerprint density at radius 1 is 1.25 bits per heavy atom. The van der Waals surface area contributed by atoms with Crippen molar-refractivity contribution in [3.8, 4) is 0 Å². The van der Waals surface area contributed by atoms with Gasteiger partial charge in [-0.1, -0.05) is 11.6 Å². The van der Waals surface area contributed by atoms with E-state index in [-0.39, 0.29) is 5.91 Å². The van der Waals surface area contributed by atoms with Crippen LogP contribution in [0.3, 0.4) is 0 Å². The van der Waals surface area contributed by atoms with Gasteiger partial charge in [-0.25, -0.2) is 0 Å². The number of carbonyl (C=O) groups excluding carboxylic acids is 1. The van der Waals surface area contributed by atoms with Gasteiger partial charge < -0.3 is 4.90 Å². The van der Waals surface area contributed by atoms with Crippen molar-refractivity contribution in [3.63, 3.8) is 0 Å². The fraction of sp³-hybridized carbons (Fsp3) is 0.467. The van der Waals surface area contributed by atoms with Crippen LogP contribution in [-0.4, -0.2) is 33.7 Å². The fourth-order valence-corrected chi connectivity index (χ4v) is 2.89. The summed E-state index contributed by atoms with van der Waals surface area (Å²) in [5, 5.41) is 6.09. The molecule has 0 radical (unpaired) electrons. The van der Waals surface area contributed by atoms with Crippen molar-refractivity contribution in [1.29, 1.82) is 0 Å². The van der Waals surface area contributed by atoms with E-state index in [1.165, 1.54) is 6.42 Å². The maximum atomic E-state index is 12.2. The van der Waals surface area contributed by atoms with Crippen LogP contribution >= 0.6 is 11.6 Å². The topological polar surface area (TPSA) is 38.1 Å². The smallest absolute Gasteiger partial charge is 0.224 e. The number of aryl methyl sites for hydroxylation is 1. The number of amides is 1. The van der Waals surface area contributed by atoms with Crippen LogP contribution in [0.4, 0.5) is 0 Å². The number of hydrogen-bond acceptors (Lipinski definition) is 2. The van der Waals surface area contributed by atoms with Gasteiger partial charge in [0.2, 0.25) is 5.91 Å². The van der Waals surface area contributed by atoms with E-state index in [9.17, 15) is 4.79 Å². The van der Waals surface area contributed by atoms with Gasteiger partial charge in [-0.2, -0.15) is 5.10 Å². The molecule has 1 aromatic heterocycles. The van der Waals surface area contributed by atoms with Crippen LogP contribution in [0.15, 0.2) is 24.4 Å². The normalized spacial score (nSPS) is 15.8. The maximum Gasteiger partial charge on any atom is 0.224 e. The highest BCUT2D eigenvalue weighted by Crippen LogP contribution is 2.19. The average Bonchev–Trinajstić information content (AvgIpc) is 2.88. The number of benzene rings is 1. The molecule has 0 bridgehead atoms. The van der Waals surface area contributed by atoms with Crippen LogP contribution in [-0.2, 0) is 11.3 Å². The number of halogens is 1. The van der Waals surface area contributed by atoms with E-state index < -0.39 is 0 Å². The molecular formula is C15H18ClN3O. The van der Waals surface area contributed by atoms with Crippen molar-refractivity contribution in [3.05, 3.63) is 29.4 Å². The second-order valence-electron chi connectivity index (χ2n) is 5.26. The summed E-state index contributed by atoms with van der Waals surface area (Å²) in [7, 11) is 0. The van der Waals surface area contributed by atoms with Gasteiger partial charge in [-0.3, -0.25) is 9.48 Å². The minimum Gasteiger partial charge on any atom is -0.343 e. The molecule has 20 heavy (non-hydrogen) atoms. The van der Waals surface area contributed by atoms with Gasteiger partial charge in [0.1, 0.15) is 0 Å². The zero-order valence-corrected chi connectivity index (χ0v) is 12.1. The average molecular weight is 292 g/mol. The third-order valence-corrected chi connectivity index (χ3v) is 4.09. The molecular weight excluding hydrogens is 274 g/mol. The first-order valence-electron chi connectivity index (χ1n) is 7.13. The third-order valence-electron chi connectivity index (χ3n) is 3.85. The molecule has 2 heterocycles. The second kappa shape index (κ2) is 5.83. The summed E-state index contributed by atoms with van der Waals surface area (Å²) in [6, 6.07) is 5.71. The highest BCUT2D eigenvalue weighted by molar-refractivity contribution is 6.31. The fourth-order valence-electron chi connectivity index (χ4n) is 2.72. The minimum atomic E-state index is 0.232. The lowest BCUT2D eigenvalue weighted by Gasteiger charge is -2.26. The first kappa shape index (κ1) is 13.4. The Balaban J connectivity index is 1.67. The lowest BCUT2D eigenvalue weighted by molar-refractivity contribution is -0.132. The third kappa shape index (κ3) is 2.80. The van der Waals surface area contributed by atoms with E-state index in [0.717, 1.165) is 36.8 Å². The van der Waals surface area contributed by atoms with E-state index in [2.05, 4.69) is 5.10 Å². The molecule has 1 aromatic carbocycles. The highest BCUT2D eigenvalue weighted by atomic mass is 35.5. The molecule has 5 heteroatoms. The molecule has 0 spiro atoms. The first-order chi connectivity index (χ1) is 9.74. The van der Waals surface area contributed by atoms with Crippen LogP contribution in [0.1, 0.15) is 25.7 Å². The van der Waals surface area contributed by atoms with E-state index in [1.54, 1.807) is 0 Å². The number of fused-ring (bicyclic) bond motifs is 1. The van der Waals surface area contributed by atoms with E-state index in [1.807, 2.05) is 34.0 Å². The van der Waals surface area contributed by atoms with Gasteiger partial charge in [0.05, 0.1) is 18.3 Å². The van der Waals surface area contributed by atoms with Gasteiger partial charge in [0.15, 0.2) is 0 Å². The summed E-state index contributed by atoms with van der Waals surface area (Å²) in [6.07, 6.45) is 5.82. The zero-order valence-electron chi connectivity index (χ0n) is 11.4. The first-order valence-corrected chi connectivity index (χ1v) is 7.51. The lowest BCUT2D eigenvalue weighted by Crippen LogP contribution is -2.36. The lowest BCUT2D eigenvalue weighted by atomic mass is 10.1. The van der Waals surface area contributed by atoms with Gasteiger partial charge in [-0.05, 0) is 37.5 Å². The molecule has 3 rings (SSSR count). The van der Waals surface area contributed by atoms with E-state index >= 15 is 0 Å². The summed E-state index contributed by atoms with van der Waals surface area (Å²) in [5.74, 6) is 0.232. The largest absolute Gasteiger partial charge is 0.343 e. The quantitative estimate of drug-likeness (QED) is 0.871. The molecule has 0 atom stereocenters. The molecule has 2 aromatic rings. The number of hydrogen-bond donors (Lipinski definition) is 0. The Kier molecular flexibility index (Phi) is 3.92. The van der Waals surface area contributed by atoms with Crippen molar-refractivity contribution < 1.29 is 4.79 Å². The highest BCUT2D eigenvalue weighted by Gasteiger charge is 2.16. The number of rotatable bonds is 3. The number of piperidine rings is 1. The molecule has 0 saturated carbocycles. The van der Waals surface area contributed by atoms with Crippen molar-refractivity contribution in [2.45, 2.75) is 32.2 Å². The van der Waals surface area contributed by atoms with Crippen LogP contribution in [0.2, 0.25) is 5.02 Å². The van der Waals surface area contributed by atoms with Gasteiger partial charge in [0.25, 0.3) is 0 Å². The predicted molar refractivity (Wildman–Crippen MR) is 79.8 cm³/mol. The van der Waals surface area contributed by atoms with E-state index in [0.29, 0.717) is 18.0 Å². The van der Waals surface area contributed by atoms with Crippen molar-refractivity contribution in [2.75, 3.05) is 13.1 Å². The van der Waals surface area contributed by atoms with Crippen LogP contribution in [0.5, 0.6) is 0 Å². The number of likely N-dealkylation sites (tertiary alicyclic amines) is 1. The van der Waals surface area contributed by atoms with Crippen LogP contribution < -0.4 is 0 Å². The Hall–Kier alpha value is -1.55. The molecule has 1 aliphatic heterocycles. The maximum absolute atomic E-state index is 12.2. The Morgan fingerprint density at radius 3 is 2.85 bits per heavy atom. The molecule has 1 fully saturated rings. The molecule has 0 N–H and O–H groups in total. The Labute approximate surface area is 123 Å². The van der Waals surface area contributed by atoms with E-state index in [4.69, 9.17) is 11.6 Å². The molecule has 1 amide bonds. The summed E-state index contributed by atoms with van der Waals surface area (Å²) >= 11 is 6.02. The standard InChI is InChI=1S/C15H18ClN3O/c16-13-5-4-12-11-17-19(14(12)10-13)9-6-15(20)18-7-2-1-3-8-18/h4-5,10-11H,1-3,6-9H2. The number of aromatic nitrogens is 2. The summed E-state index contributed by atoms with van der Waals surface area (Å²) < 4.78 is 1.86. The predicted octanol–water partition coefficient (Wildman–Crippen LogP) is 3.09. The number of carbonyl (C=O) groups is 1. The van der Waals surface area contributed by atoms with Crippen molar-refractivity contribution in [1.82, 2.24) is 14.7 Å². The number of nitrogens with zero attached hydrogens (tertiary/aromatic N) is 3. The minimum absolute atomic E-state index is 0.232. The van der Waals surface area contributed by atoms with Gasteiger partial charge in [0, 0.05) is 29.9 Å². The molecule has 4 nitrogen and oxygen atoms in total. The molecule has 0 aliphatic carbocycles. The zero-order chi connectivity index (χ0) is 13.9. The summed E-state index contributed by atoms with van der Waals surface area (Å²) in [5.41, 5.74) is 0.990. The van der Waals surface area contributed by atoms with Gasteiger partial charge >= 0.3 is 0 Å². The molecule has 0 unspecified atom stereocenters. The van der Waals surface area contributed by atoms with Gasteiger partial charge in [-0.15, -0.1) is 0 Å². The Bertz CT molecular complexity index is 617. The van der Waals surface area contributed by atoms with Crippen LogP contribution in [0, 0.1) is 0 Å². The monoisotopic (exact) mass is 291 g/mol. The summed E-state index contributed by atoms with van der Waals surface area (Å²) in [4.78, 5) is 14.1. The Morgan fingerprint density at radius 2 is 2.05 bits per heavy atom. The molecule has 1 saturated heterocycles. The second-order valence-corrected chi connectivity index (χ2v) is 5.70.